The van der Waals surface area contributed by atoms with Crippen LogP contribution >= 0.6 is 27.3 Å². The van der Waals surface area contributed by atoms with Crippen LogP contribution in [-0.2, 0) is 9.59 Å². The molecule has 16 heavy (non-hydrogen) atoms. The minimum Gasteiger partial charge on any atom is -0.480 e. The first-order valence-corrected chi connectivity index (χ1v) is 6.06. The van der Waals surface area contributed by atoms with Gasteiger partial charge in [-0.2, -0.15) is 0 Å². The summed E-state index contributed by atoms with van der Waals surface area (Å²) in [6, 6.07) is 2.86. The lowest BCUT2D eigenvalue weighted by atomic mass is 10.3. The smallest absolute Gasteiger partial charge is 0.325 e. The zero-order chi connectivity index (χ0) is 12.1. The van der Waals surface area contributed by atoms with Crippen molar-refractivity contribution in [2.75, 3.05) is 0 Å². The lowest BCUT2D eigenvalue weighted by Gasteiger charge is -2.05. The molecule has 6 heteroatoms. The zero-order valence-corrected chi connectivity index (χ0v) is 10.8. The van der Waals surface area contributed by atoms with Crippen LogP contribution in [0.4, 0.5) is 0 Å². The van der Waals surface area contributed by atoms with Crippen LogP contribution in [0.3, 0.4) is 0 Å². The molecule has 1 aromatic heterocycles. The summed E-state index contributed by atoms with van der Waals surface area (Å²) in [5.41, 5.74) is 0. The fourth-order valence-electron chi connectivity index (χ4n) is 0.899. The van der Waals surface area contributed by atoms with Gasteiger partial charge in [0.15, 0.2) is 0 Å². The second-order valence-electron chi connectivity index (χ2n) is 3.04. The molecule has 0 aliphatic carbocycles. The number of carbonyl (C=O) groups is 2. The molecule has 0 saturated heterocycles. The highest BCUT2D eigenvalue weighted by Gasteiger charge is 2.11. The van der Waals surface area contributed by atoms with Crippen LogP contribution in [-0.4, -0.2) is 23.0 Å². The van der Waals surface area contributed by atoms with Gasteiger partial charge < -0.3 is 10.4 Å². The van der Waals surface area contributed by atoms with E-state index in [9.17, 15) is 9.59 Å². The Morgan fingerprint density at radius 2 is 2.25 bits per heavy atom. The van der Waals surface area contributed by atoms with E-state index in [2.05, 4.69) is 21.2 Å². The van der Waals surface area contributed by atoms with E-state index in [1.807, 2.05) is 12.1 Å². The number of rotatable bonds is 4. The van der Waals surface area contributed by atoms with Crippen LogP contribution in [0.2, 0.25) is 0 Å². The molecular weight excluding hydrogens is 294 g/mol. The third kappa shape index (κ3) is 4.16. The Kier molecular flexibility index (Phi) is 4.70. The highest BCUT2D eigenvalue weighted by atomic mass is 79.9. The van der Waals surface area contributed by atoms with Gasteiger partial charge in [0.1, 0.15) is 6.04 Å². The molecule has 0 unspecified atom stereocenters. The Morgan fingerprint density at radius 1 is 1.56 bits per heavy atom. The van der Waals surface area contributed by atoms with Crippen molar-refractivity contribution in [3.8, 4) is 0 Å². The molecule has 2 N–H and O–H groups in total. The summed E-state index contributed by atoms with van der Waals surface area (Å²) >= 11 is 4.79. The maximum Gasteiger partial charge on any atom is 0.325 e. The number of carboxylic acid groups (broad SMARTS) is 1. The predicted molar refractivity (Wildman–Crippen MR) is 66.3 cm³/mol. The number of carboxylic acids is 1. The Hall–Kier alpha value is -1.14. The molecule has 4 nitrogen and oxygen atoms in total. The first kappa shape index (κ1) is 12.9. The van der Waals surface area contributed by atoms with Gasteiger partial charge in [-0.1, -0.05) is 0 Å². The normalized spacial score (nSPS) is 12.6. The van der Waals surface area contributed by atoms with Crippen molar-refractivity contribution in [3.05, 3.63) is 26.9 Å². The van der Waals surface area contributed by atoms with Crippen LogP contribution in [0.5, 0.6) is 0 Å². The number of halogens is 1. The number of aliphatic carboxylic acids is 1. The maximum absolute atomic E-state index is 11.3. The van der Waals surface area contributed by atoms with Gasteiger partial charge in [-0.05, 0) is 41.1 Å². The Bertz CT molecular complexity index is 427. The Morgan fingerprint density at radius 3 is 2.75 bits per heavy atom. The number of hydrogen-bond acceptors (Lipinski definition) is 3. The van der Waals surface area contributed by atoms with Crippen molar-refractivity contribution in [1.29, 1.82) is 0 Å². The molecule has 0 saturated carbocycles. The van der Waals surface area contributed by atoms with E-state index in [1.54, 1.807) is 6.08 Å². The van der Waals surface area contributed by atoms with Crippen molar-refractivity contribution in [3.63, 3.8) is 0 Å². The van der Waals surface area contributed by atoms with Gasteiger partial charge in [0.05, 0.1) is 3.79 Å². The predicted octanol–water partition coefficient (Wildman–Crippen LogP) is 2.11. The fraction of sp³-hybridized carbons (Fsp3) is 0.200. The topological polar surface area (TPSA) is 66.4 Å². The van der Waals surface area contributed by atoms with Gasteiger partial charge in [0.25, 0.3) is 0 Å². The molecule has 1 heterocycles. The molecule has 0 radical (unpaired) electrons. The summed E-state index contributed by atoms with van der Waals surface area (Å²) in [5, 5.41) is 10.9. The molecule has 0 aliphatic heterocycles. The third-order valence-electron chi connectivity index (χ3n) is 1.72. The van der Waals surface area contributed by atoms with Crippen molar-refractivity contribution in [2.24, 2.45) is 0 Å². The molecular formula is C10H10BrNO3S. The molecule has 1 aromatic rings. The van der Waals surface area contributed by atoms with Crippen molar-refractivity contribution >= 4 is 45.2 Å². The minimum absolute atomic E-state index is 0.417. The molecule has 0 bridgehead atoms. The average Bonchev–Trinajstić information content (AvgIpc) is 2.61. The van der Waals surface area contributed by atoms with E-state index in [-0.39, 0.29) is 0 Å². The molecule has 0 aliphatic rings. The standard InChI is InChI=1S/C10H10BrNO3S/c1-6(10(14)15)12-9(13)5-3-7-2-4-8(11)16-7/h2-6H,1H3,(H,12,13)(H,14,15)/t6-/m1/s1. The van der Waals surface area contributed by atoms with Gasteiger partial charge in [-0.3, -0.25) is 9.59 Å². The van der Waals surface area contributed by atoms with Gasteiger partial charge in [0.2, 0.25) is 5.91 Å². The van der Waals surface area contributed by atoms with Gasteiger partial charge in [0, 0.05) is 11.0 Å². The van der Waals surface area contributed by atoms with E-state index in [0.29, 0.717) is 0 Å². The van der Waals surface area contributed by atoms with E-state index < -0.39 is 17.9 Å². The SMILES string of the molecule is C[C@@H](NC(=O)C=Cc1ccc(Br)s1)C(=O)O. The van der Waals surface area contributed by atoms with Gasteiger partial charge >= 0.3 is 5.97 Å². The van der Waals surface area contributed by atoms with E-state index in [4.69, 9.17) is 5.11 Å². The van der Waals surface area contributed by atoms with Crippen LogP contribution in [0.1, 0.15) is 11.8 Å². The lowest BCUT2D eigenvalue weighted by Crippen LogP contribution is -2.37. The molecule has 1 atom stereocenters. The van der Waals surface area contributed by atoms with E-state index in [1.165, 1.54) is 24.3 Å². The number of amides is 1. The number of thiophene rings is 1. The van der Waals surface area contributed by atoms with E-state index in [0.717, 1.165) is 8.66 Å². The second-order valence-corrected chi connectivity index (χ2v) is 5.54. The minimum atomic E-state index is -1.05. The second kappa shape index (κ2) is 5.81. The zero-order valence-electron chi connectivity index (χ0n) is 8.44. The summed E-state index contributed by atoms with van der Waals surface area (Å²) in [6.45, 7) is 1.41. The maximum atomic E-state index is 11.3. The first-order valence-electron chi connectivity index (χ1n) is 4.46. The molecule has 0 aromatic carbocycles. The average molecular weight is 304 g/mol. The van der Waals surface area contributed by atoms with Crippen molar-refractivity contribution < 1.29 is 14.7 Å². The fourth-order valence-corrected chi connectivity index (χ4v) is 2.23. The largest absolute Gasteiger partial charge is 0.480 e. The molecule has 1 rings (SSSR count). The summed E-state index contributed by atoms with van der Waals surface area (Å²) in [5.74, 6) is -1.47. The van der Waals surface area contributed by atoms with Gasteiger partial charge in [-0.25, -0.2) is 0 Å². The monoisotopic (exact) mass is 303 g/mol. The number of carbonyl (C=O) groups excluding carboxylic acids is 1. The van der Waals surface area contributed by atoms with Crippen LogP contribution < -0.4 is 5.32 Å². The number of hydrogen-bond donors (Lipinski definition) is 2. The molecule has 0 spiro atoms. The summed E-state index contributed by atoms with van der Waals surface area (Å²) in [4.78, 5) is 22.7. The van der Waals surface area contributed by atoms with Crippen LogP contribution in [0.25, 0.3) is 6.08 Å². The Balaban J connectivity index is 2.51. The van der Waals surface area contributed by atoms with Crippen LogP contribution in [0.15, 0.2) is 22.0 Å². The first-order chi connectivity index (χ1) is 7.49. The van der Waals surface area contributed by atoms with Crippen LogP contribution in [0, 0.1) is 0 Å². The molecule has 0 fully saturated rings. The summed E-state index contributed by atoms with van der Waals surface area (Å²) in [6.07, 6.45) is 2.96. The summed E-state index contributed by atoms with van der Waals surface area (Å²) < 4.78 is 0.978. The quantitative estimate of drug-likeness (QED) is 0.837. The lowest BCUT2D eigenvalue weighted by molar-refractivity contribution is -0.140. The Labute approximate surface area is 105 Å². The third-order valence-corrected chi connectivity index (χ3v) is 3.31. The van der Waals surface area contributed by atoms with Gasteiger partial charge in [-0.15, -0.1) is 11.3 Å². The summed E-state index contributed by atoms with van der Waals surface area (Å²) in [7, 11) is 0. The van der Waals surface area contributed by atoms with E-state index >= 15 is 0 Å². The molecule has 1 amide bonds. The molecule has 86 valence electrons. The highest BCUT2D eigenvalue weighted by Crippen LogP contribution is 2.22. The highest BCUT2D eigenvalue weighted by molar-refractivity contribution is 9.11. The van der Waals surface area contributed by atoms with Crippen molar-refractivity contribution in [1.82, 2.24) is 5.32 Å². The number of nitrogens with one attached hydrogen (secondary N) is 1. The van der Waals surface area contributed by atoms with Crippen molar-refractivity contribution in [2.45, 2.75) is 13.0 Å².